The number of aliphatic hydroxyl groups excluding tert-OH is 1. The molecule has 45 heavy (non-hydrogen) atoms. The minimum atomic E-state index is -1.08. The van der Waals surface area contributed by atoms with E-state index in [2.05, 4.69) is 10.6 Å². The van der Waals surface area contributed by atoms with Crippen molar-refractivity contribution in [3.8, 4) is 0 Å². The van der Waals surface area contributed by atoms with E-state index in [0.717, 1.165) is 16.7 Å². The highest BCUT2D eigenvalue weighted by Crippen LogP contribution is 2.25. The van der Waals surface area contributed by atoms with Crippen LogP contribution in [-0.4, -0.2) is 57.7 Å². The number of benzene rings is 3. The third kappa shape index (κ3) is 12.4. The normalized spacial score (nSPS) is 13.7. The topological polar surface area (TPSA) is 108 Å². The van der Waals surface area contributed by atoms with Gasteiger partial charge in [-0.05, 0) is 77.5 Å². The molecule has 3 aromatic rings. The second kappa shape index (κ2) is 16.2. The number of carbonyl (C=O) groups excluding carboxylic acids is 3. The van der Waals surface area contributed by atoms with Crippen LogP contribution in [-0.2, 0) is 33.7 Å². The van der Waals surface area contributed by atoms with Crippen LogP contribution in [0.2, 0.25) is 0 Å². The number of hydrogen-bond donors (Lipinski definition) is 3. The van der Waals surface area contributed by atoms with Crippen molar-refractivity contribution in [1.82, 2.24) is 15.5 Å². The molecule has 0 spiro atoms. The van der Waals surface area contributed by atoms with Gasteiger partial charge >= 0.3 is 6.09 Å². The lowest BCUT2D eigenvalue weighted by atomic mass is 9.87. The van der Waals surface area contributed by atoms with E-state index in [0.29, 0.717) is 19.4 Å². The SMILES string of the molecule is CC(C)(C)OC(=O)NC(Cc1ccccc1)C(O)CC(Cc1ccccc1)C(=O)N(CC(=O)NCc1ccccc1)C(C)(C)C. The van der Waals surface area contributed by atoms with Gasteiger partial charge < -0.3 is 25.4 Å². The number of nitrogens with zero attached hydrogens (tertiary/aromatic N) is 1. The van der Waals surface area contributed by atoms with E-state index in [1.165, 1.54) is 0 Å². The lowest BCUT2D eigenvalue weighted by molar-refractivity contribution is -0.145. The van der Waals surface area contributed by atoms with Crippen LogP contribution in [0.1, 0.15) is 64.7 Å². The predicted molar refractivity (Wildman–Crippen MR) is 177 cm³/mol. The highest BCUT2D eigenvalue weighted by molar-refractivity contribution is 5.86. The van der Waals surface area contributed by atoms with Crippen LogP contribution in [0.3, 0.4) is 0 Å². The molecular weight excluding hydrogens is 566 g/mol. The molecule has 0 radical (unpaired) electrons. The summed E-state index contributed by atoms with van der Waals surface area (Å²) in [4.78, 5) is 41.9. The first-order chi connectivity index (χ1) is 21.2. The summed E-state index contributed by atoms with van der Waals surface area (Å²) in [6, 6.07) is 28.1. The Labute approximate surface area is 268 Å². The van der Waals surface area contributed by atoms with Crippen molar-refractivity contribution in [2.45, 2.75) is 90.6 Å². The fraction of sp³-hybridized carbons (Fsp3) is 0.432. The monoisotopic (exact) mass is 615 g/mol. The van der Waals surface area contributed by atoms with Crippen LogP contribution in [0.25, 0.3) is 0 Å². The Morgan fingerprint density at radius 3 is 1.73 bits per heavy atom. The number of ether oxygens (including phenoxy) is 1. The first kappa shape index (κ1) is 35.3. The zero-order chi connectivity index (χ0) is 33.0. The van der Waals surface area contributed by atoms with Gasteiger partial charge in [-0.3, -0.25) is 9.59 Å². The molecular formula is C37H49N3O5. The third-order valence-corrected chi connectivity index (χ3v) is 7.38. The van der Waals surface area contributed by atoms with E-state index in [9.17, 15) is 19.5 Å². The molecule has 0 aliphatic rings. The second-order valence-electron chi connectivity index (χ2n) is 13.5. The minimum Gasteiger partial charge on any atom is -0.444 e. The fourth-order valence-corrected chi connectivity index (χ4v) is 5.10. The van der Waals surface area contributed by atoms with E-state index in [-0.39, 0.29) is 24.8 Å². The second-order valence-corrected chi connectivity index (χ2v) is 13.5. The van der Waals surface area contributed by atoms with Crippen molar-refractivity contribution in [3.63, 3.8) is 0 Å². The van der Waals surface area contributed by atoms with Gasteiger partial charge in [-0.25, -0.2) is 4.79 Å². The van der Waals surface area contributed by atoms with Crippen molar-refractivity contribution in [2.24, 2.45) is 5.92 Å². The highest BCUT2D eigenvalue weighted by Gasteiger charge is 2.36. The van der Waals surface area contributed by atoms with Gasteiger partial charge in [0.1, 0.15) is 12.1 Å². The van der Waals surface area contributed by atoms with Crippen LogP contribution in [0.5, 0.6) is 0 Å². The molecule has 0 fully saturated rings. The van der Waals surface area contributed by atoms with Crippen LogP contribution in [0.15, 0.2) is 91.0 Å². The maximum atomic E-state index is 14.4. The molecule has 8 heteroatoms. The lowest BCUT2D eigenvalue weighted by Gasteiger charge is -2.38. The van der Waals surface area contributed by atoms with Gasteiger partial charge in [-0.1, -0.05) is 91.0 Å². The Morgan fingerprint density at radius 2 is 1.24 bits per heavy atom. The number of hydrogen-bond acceptors (Lipinski definition) is 5. The van der Waals surface area contributed by atoms with Crippen molar-refractivity contribution >= 4 is 17.9 Å². The molecule has 3 rings (SSSR count). The summed E-state index contributed by atoms with van der Waals surface area (Å²) in [6.45, 7) is 11.3. The number of aliphatic hydroxyl groups is 1. The van der Waals surface area contributed by atoms with Crippen molar-refractivity contribution in [3.05, 3.63) is 108 Å². The van der Waals surface area contributed by atoms with Crippen LogP contribution in [0, 0.1) is 5.92 Å². The summed E-state index contributed by atoms with van der Waals surface area (Å²) in [7, 11) is 0. The molecule has 3 N–H and O–H groups in total. The molecule has 0 aliphatic carbocycles. The van der Waals surface area contributed by atoms with E-state index < -0.39 is 35.3 Å². The highest BCUT2D eigenvalue weighted by atomic mass is 16.6. The summed E-state index contributed by atoms with van der Waals surface area (Å²) in [5.74, 6) is -1.17. The molecule has 0 heterocycles. The van der Waals surface area contributed by atoms with Gasteiger partial charge in [-0.2, -0.15) is 0 Å². The molecule has 0 aliphatic heterocycles. The summed E-state index contributed by atoms with van der Waals surface area (Å²) in [6.07, 6.45) is -0.944. The third-order valence-electron chi connectivity index (χ3n) is 7.38. The van der Waals surface area contributed by atoms with E-state index in [1.54, 1.807) is 25.7 Å². The van der Waals surface area contributed by atoms with Crippen LogP contribution in [0.4, 0.5) is 4.79 Å². The van der Waals surface area contributed by atoms with Crippen molar-refractivity contribution < 1.29 is 24.2 Å². The standard InChI is InChI=1S/C37H49N3O5/c1-36(2,3)40(26-33(42)38-25-29-20-14-9-15-21-29)34(43)30(22-27-16-10-7-11-17-27)24-32(41)31(23-28-18-12-8-13-19-28)39-35(44)45-37(4,5)6/h7-21,30-32,41H,22-26H2,1-6H3,(H,38,42)(H,39,44). The minimum absolute atomic E-state index is 0.0687. The van der Waals surface area contributed by atoms with Gasteiger partial charge in [-0.15, -0.1) is 0 Å². The molecule has 3 amide bonds. The summed E-state index contributed by atoms with van der Waals surface area (Å²) < 4.78 is 5.50. The van der Waals surface area contributed by atoms with E-state index in [1.807, 2.05) is 112 Å². The summed E-state index contributed by atoms with van der Waals surface area (Å²) in [5, 5.41) is 17.5. The Balaban J connectivity index is 1.86. The molecule has 0 bridgehead atoms. The number of nitrogens with one attached hydrogen (secondary N) is 2. The van der Waals surface area contributed by atoms with Crippen molar-refractivity contribution in [2.75, 3.05) is 6.54 Å². The Hall–Kier alpha value is -4.17. The fourth-order valence-electron chi connectivity index (χ4n) is 5.10. The Morgan fingerprint density at radius 1 is 0.756 bits per heavy atom. The zero-order valence-electron chi connectivity index (χ0n) is 27.5. The molecule has 0 saturated carbocycles. The number of carbonyl (C=O) groups is 3. The molecule has 8 nitrogen and oxygen atoms in total. The molecule has 3 atom stereocenters. The van der Waals surface area contributed by atoms with Gasteiger partial charge in [0.15, 0.2) is 0 Å². The first-order valence-electron chi connectivity index (χ1n) is 15.6. The number of amides is 3. The largest absolute Gasteiger partial charge is 0.444 e. The van der Waals surface area contributed by atoms with E-state index >= 15 is 0 Å². The smallest absolute Gasteiger partial charge is 0.407 e. The average Bonchev–Trinajstić information content (AvgIpc) is 2.98. The molecule has 0 aromatic heterocycles. The molecule has 3 unspecified atom stereocenters. The molecule has 242 valence electrons. The maximum absolute atomic E-state index is 14.4. The number of alkyl carbamates (subject to hydrolysis) is 1. The average molecular weight is 616 g/mol. The predicted octanol–water partition coefficient (Wildman–Crippen LogP) is 5.68. The van der Waals surface area contributed by atoms with Crippen LogP contribution >= 0.6 is 0 Å². The first-order valence-corrected chi connectivity index (χ1v) is 15.6. The molecule has 0 saturated heterocycles. The summed E-state index contributed by atoms with van der Waals surface area (Å²) in [5.41, 5.74) is 1.44. The lowest BCUT2D eigenvalue weighted by Crippen LogP contribution is -2.54. The van der Waals surface area contributed by atoms with E-state index in [4.69, 9.17) is 4.74 Å². The Bertz CT molecular complexity index is 1350. The Kier molecular flexibility index (Phi) is 12.7. The van der Waals surface area contributed by atoms with Gasteiger partial charge in [0.2, 0.25) is 11.8 Å². The van der Waals surface area contributed by atoms with Gasteiger partial charge in [0, 0.05) is 18.0 Å². The van der Waals surface area contributed by atoms with Crippen molar-refractivity contribution in [1.29, 1.82) is 0 Å². The number of rotatable bonds is 13. The summed E-state index contributed by atoms with van der Waals surface area (Å²) >= 11 is 0. The van der Waals surface area contributed by atoms with Gasteiger partial charge in [0.25, 0.3) is 0 Å². The maximum Gasteiger partial charge on any atom is 0.407 e. The van der Waals surface area contributed by atoms with Crippen LogP contribution < -0.4 is 10.6 Å². The molecule has 3 aromatic carbocycles. The van der Waals surface area contributed by atoms with Gasteiger partial charge in [0.05, 0.1) is 12.1 Å². The zero-order valence-corrected chi connectivity index (χ0v) is 27.5. The quantitative estimate of drug-likeness (QED) is 0.230.